The van der Waals surface area contributed by atoms with Crippen molar-refractivity contribution in [2.75, 3.05) is 17.6 Å². The molecular formula is C15H20N6O2S3. The van der Waals surface area contributed by atoms with Crippen LogP contribution in [-0.4, -0.2) is 38.0 Å². The summed E-state index contributed by atoms with van der Waals surface area (Å²) in [4.78, 5) is 8.36. The molecule has 0 aliphatic rings. The van der Waals surface area contributed by atoms with Gasteiger partial charge in [0.05, 0.1) is 17.8 Å². The van der Waals surface area contributed by atoms with Gasteiger partial charge in [0, 0.05) is 23.4 Å². The maximum absolute atomic E-state index is 11.9. The summed E-state index contributed by atoms with van der Waals surface area (Å²) >= 11 is 3.03. The minimum absolute atomic E-state index is 0.0743. The van der Waals surface area contributed by atoms with Gasteiger partial charge >= 0.3 is 0 Å². The minimum atomic E-state index is -3.43. The number of hydrogen-bond donors (Lipinski definition) is 4. The standard InChI is InChI=1S/C15H20N6O2S3/c16-14(17)21-15-20-13(9-25-15)8-24-7-6-18-11-19-26(22,23)10-12-4-2-1-3-5-12/h1-5,9,11H,6-8,10H2,(H,18,19)(H4,16,17,20,21). The van der Waals surface area contributed by atoms with Crippen molar-refractivity contribution >= 4 is 50.6 Å². The molecule has 1 aromatic heterocycles. The summed E-state index contributed by atoms with van der Waals surface area (Å²) < 4.78 is 26.2. The summed E-state index contributed by atoms with van der Waals surface area (Å²) in [5.41, 5.74) is 6.87. The normalized spacial score (nSPS) is 11.5. The van der Waals surface area contributed by atoms with E-state index in [1.165, 1.54) is 17.7 Å². The zero-order valence-electron chi connectivity index (χ0n) is 13.9. The molecule has 0 aliphatic heterocycles. The van der Waals surface area contributed by atoms with Crippen LogP contribution in [0, 0.1) is 5.41 Å². The molecule has 2 rings (SSSR count). The number of sulfonamides is 1. The van der Waals surface area contributed by atoms with Gasteiger partial charge in [-0.1, -0.05) is 30.3 Å². The number of nitrogens with two attached hydrogens (primary N) is 1. The van der Waals surface area contributed by atoms with Crippen molar-refractivity contribution < 1.29 is 8.42 Å². The molecule has 0 bridgehead atoms. The van der Waals surface area contributed by atoms with Gasteiger partial charge in [-0.05, 0) is 5.56 Å². The van der Waals surface area contributed by atoms with E-state index in [2.05, 4.69) is 20.0 Å². The number of aliphatic imine (C=N–C) groups is 1. The zero-order chi connectivity index (χ0) is 18.8. The molecule has 0 saturated carbocycles. The number of guanidine groups is 1. The number of thioether (sulfide) groups is 1. The van der Waals surface area contributed by atoms with Gasteiger partial charge in [0.25, 0.3) is 0 Å². The smallest absolute Gasteiger partial charge is 0.237 e. The third-order valence-electron chi connectivity index (χ3n) is 2.93. The molecule has 8 nitrogen and oxygen atoms in total. The molecule has 0 unspecified atom stereocenters. The number of hydrogen-bond acceptors (Lipinski definition) is 7. The molecular weight excluding hydrogens is 392 g/mol. The van der Waals surface area contributed by atoms with Crippen LogP contribution in [-0.2, 0) is 21.5 Å². The molecule has 0 amide bonds. The summed E-state index contributed by atoms with van der Waals surface area (Å²) in [5.74, 6) is 1.24. The molecule has 140 valence electrons. The van der Waals surface area contributed by atoms with Crippen LogP contribution in [0.3, 0.4) is 0 Å². The largest absolute Gasteiger partial charge is 0.370 e. The number of benzene rings is 1. The van der Waals surface area contributed by atoms with Gasteiger partial charge in [0.1, 0.15) is 0 Å². The maximum Gasteiger partial charge on any atom is 0.237 e. The lowest BCUT2D eigenvalue weighted by atomic mass is 10.2. The maximum atomic E-state index is 11.9. The predicted molar refractivity (Wildman–Crippen MR) is 109 cm³/mol. The first-order valence-electron chi connectivity index (χ1n) is 7.60. The Kier molecular flexibility index (Phi) is 7.88. The van der Waals surface area contributed by atoms with E-state index >= 15 is 0 Å². The van der Waals surface area contributed by atoms with Crippen molar-refractivity contribution in [3.63, 3.8) is 0 Å². The van der Waals surface area contributed by atoms with E-state index in [4.69, 9.17) is 11.1 Å². The summed E-state index contributed by atoms with van der Waals surface area (Å²) in [5, 5.41) is 12.3. The van der Waals surface area contributed by atoms with Gasteiger partial charge in [-0.25, -0.2) is 13.4 Å². The Morgan fingerprint density at radius 1 is 1.38 bits per heavy atom. The lowest BCUT2D eigenvalue weighted by molar-refractivity contribution is 0.592. The van der Waals surface area contributed by atoms with Gasteiger partial charge in [0.15, 0.2) is 11.1 Å². The average Bonchev–Trinajstić information content (AvgIpc) is 3.01. The van der Waals surface area contributed by atoms with Crippen molar-refractivity contribution in [1.82, 2.24) is 9.71 Å². The molecule has 11 heteroatoms. The Labute approximate surface area is 160 Å². The Morgan fingerprint density at radius 3 is 2.88 bits per heavy atom. The van der Waals surface area contributed by atoms with Gasteiger partial charge < -0.3 is 11.1 Å². The number of aromatic nitrogens is 1. The van der Waals surface area contributed by atoms with Crippen LogP contribution in [0.15, 0.2) is 40.7 Å². The van der Waals surface area contributed by atoms with E-state index in [0.717, 1.165) is 17.0 Å². The minimum Gasteiger partial charge on any atom is -0.370 e. The van der Waals surface area contributed by atoms with Crippen LogP contribution in [0.4, 0.5) is 5.13 Å². The topological polar surface area (TPSA) is 133 Å². The first-order chi connectivity index (χ1) is 12.4. The summed E-state index contributed by atoms with van der Waals surface area (Å²) in [6, 6.07) is 8.98. The highest BCUT2D eigenvalue weighted by Crippen LogP contribution is 2.19. The van der Waals surface area contributed by atoms with Crippen molar-refractivity contribution in [3.05, 3.63) is 47.0 Å². The molecule has 0 spiro atoms. The number of nitrogens with one attached hydrogen (secondary N) is 3. The molecule has 0 aliphatic carbocycles. The van der Waals surface area contributed by atoms with E-state index in [1.54, 1.807) is 36.0 Å². The fourth-order valence-corrected chi connectivity index (χ4v) is 4.37. The monoisotopic (exact) mass is 412 g/mol. The Hall–Kier alpha value is -2.11. The van der Waals surface area contributed by atoms with E-state index in [0.29, 0.717) is 17.4 Å². The van der Waals surface area contributed by atoms with Crippen molar-refractivity contribution in [2.45, 2.75) is 11.5 Å². The van der Waals surface area contributed by atoms with Crippen molar-refractivity contribution in [3.8, 4) is 0 Å². The molecule has 1 heterocycles. The van der Waals surface area contributed by atoms with E-state index < -0.39 is 10.0 Å². The summed E-state index contributed by atoms with van der Waals surface area (Å²) in [7, 11) is -3.43. The van der Waals surface area contributed by atoms with E-state index in [9.17, 15) is 8.42 Å². The van der Waals surface area contributed by atoms with E-state index in [1.807, 2.05) is 11.4 Å². The Balaban J connectivity index is 1.63. The van der Waals surface area contributed by atoms with Crippen LogP contribution >= 0.6 is 23.1 Å². The van der Waals surface area contributed by atoms with Crippen LogP contribution in [0.25, 0.3) is 0 Å². The highest BCUT2D eigenvalue weighted by Gasteiger charge is 2.08. The zero-order valence-corrected chi connectivity index (χ0v) is 16.3. The van der Waals surface area contributed by atoms with Crippen LogP contribution in [0.5, 0.6) is 0 Å². The number of nitrogens with zero attached hydrogens (tertiary/aromatic N) is 2. The second-order valence-electron chi connectivity index (χ2n) is 5.13. The molecule has 5 N–H and O–H groups in total. The molecule has 0 saturated heterocycles. The second kappa shape index (κ2) is 10.1. The molecule has 1 aromatic carbocycles. The third kappa shape index (κ3) is 7.85. The van der Waals surface area contributed by atoms with Crippen LogP contribution in [0.2, 0.25) is 0 Å². The average molecular weight is 413 g/mol. The van der Waals surface area contributed by atoms with E-state index in [-0.39, 0.29) is 11.7 Å². The fourth-order valence-electron chi connectivity index (χ4n) is 1.86. The Morgan fingerprint density at radius 2 is 2.15 bits per heavy atom. The predicted octanol–water partition coefficient (Wildman–Crippen LogP) is 1.83. The van der Waals surface area contributed by atoms with Crippen molar-refractivity contribution in [1.29, 1.82) is 5.41 Å². The lowest BCUT2D eigenvalue weighted by Gasteiger charge is -2.03. The fraction of sp³-hybridized carbons (Fsp3) is 0.267. The Bertz CT molecular complexity index is 836. The number of thiazole rings is 1. The highest BCUT2D eigenvalue weighted by atomic mass is 32.2. The molecule has 2 aromatic rings. The SMILES string of the molecule is N=C(N)Nc1nc(CSCCN=CNS(=O)(=O)Cc2ccccc2)cs1. The molecule has 0 atom stereocenters. The van der Waals surface area contributed by atoms with Crippen molar-refractivity contribution in [2.24, 2.45) is 10.7 Å². The molecule has 0 fully saturated rings. The summed E-state index contributed by atoms with van der Waals surface area (Å²) in [6.45, 7) is 0.501. The first kappa shape index (κ1) is 20.2. The quantitative estimate of drug-likeness (QED) is 0.267. The molecule has 0 radical (unpaired) electrons. The highest BCUT2D eigenvalue weighted by molar-refractivity contribution is 7.98. The number of anilines is 1. The lowest BCUT2D eigenvalue weighted by Crippen LogP contribution is -2.23. The van der Waals surface area contributed by atoms with Gasteiger partial charge in [-0.2, -0.15) is 11.8 Å². The van der Waals surface area contributed by atoms with Crippen LogP contribution in [0.1, 0.15) is 11.3 Å². The third-order valence-corrected chi connectivity index (χ3v) is 5.89. The van der Waals surface area contributed by atoms with Gasteiger partial charge in [-0.3, -0.25) is 15.1 Å². The first-order valence-corrected chi connectivity index (χ1v) is 11.3. The van der Waals surface area contributed by atoms with Gasteiger partial charge in [0.2, 0.25) is 10.0 Å². The van der Waals surface area contributed by atoms with Gasteiger partial charge in [-0.15, -0.1) is 11.3 Å². The molecule has 26 heavy (non-hydrogen) atoms. The summed E-state index contributed by atoms with van der Waals surface area (Å²) in [6.07, 6.45) is 1.23. The van der Waals surface area contributed by atoms with Crippen LogP contribution < -0.4 is 15.8 Å². The second-order valence-corrected chi connectivity index (χ2v) is 8.85. The number of rotatable bonds is 10.